The third-order valence-corrected chi connectivity index (χ3v) is 2.44. The van der Waals surface area contributed by atoms with E-state index >= 15 is 0 Å². The molecule has 0 bridgehead atoms. The zero-order valence-electron chi connectivity index (χ0n) is 9.38. The molecule has 1 heterocycles. The molecule has 2 rings (SSSR count). The van der Waals surface area contributed by atoms with Crippen molar-refractivity contribution in [2.75, 3.05) is 0 Å². The Morgan fingerprint density at radius 3 is 2.56 bits per heavy atom. The van der Waals surface area contributed by atoms with Crippen LogP contribution in [0.3, 0.4) is 0 Å². The Hall–Kier alpha value is -2.61. The molecular formula is C13H9NO4. The number of carbonyl (C=O) groups is 3. The van der Waals surface area contributed by atoms with Crippen molar-refractivity contribution in [3.8, 4) is 12.3 Å². The topological polar surface area (TPSA) is 63.7 Å². The Morgan fingerprint density at radius 1 is 1.28 bits per heavy atom. The van der Waals surface area contributed by atoms with Gasteiger partial charge in [-0.25, -0.2) is 4.79 Å². The molecule has 5 heteroatoms. The van der Waals surface area contributed by atoms with Gasteiger partial charge in [-0.1, -0.05) is 12.0 Å². The first-order valence-electron chi connectivity index (χ1n) is 5.26. The maximum Gasteiger partial charge on any atom is 0.363 e. The van der Waals surface area contributed by atoms with Crippen LogP contribution in [0.1, 0.15) is 28.8 Å². The van der Waals surface area contributed by atoms with E-state index in [1.54, 1.807) is 12.1 Å². The van der Waals surface area contributed by atoms with Crippen molar-refractivity contribution in [2.24, 2.45) is 0 Å². The van der Waals surface area contributed by atoms with Crippen molar-refractivity contribution in [1.82, 2.24) is 5.06 Å². The lowest BCUT2D eigenvalue weighted by atomic mass is 10.1. The molecule has 90 valence electrons. The Kier molecular flexibility index (Phi) is 3.11. The average Bonchev–Trinajstić information content (AvgIpc) is 2.70. The third-order valence-electron chi connectivity index (χ3n) is 2.44. The third kappa shape index (κ3) is 2.23. The highest BCUT2D eigenvalue weighted by atomic mass is 16.7. The van der Waals surface area contributed by atoms with Crippen molar-refractivity contribution < 1.29 is 19.2 Å². The van der Waals surface area contributed by atoms with Crippen LogP contribution in [0, 0.1) is 12.3 Å². The molecule has 0 radical (unpaired) electrons. The van der Waals surface area contributed by atoms with Gasteiger partial charge in [0.15, 0.2) is 0 Å². The van der Waals surface area contributed by atoms with E-state index in [9.17, 15) is 14.4 Å². The Bertz CT molecular complexity index is 555. The second-order valence-corrected chi connectivity index (χ2v) is 3.69. The molecule has 18 heavy (non-hydrogen) atoms. The first-order valence-corrected chi connectivity index (χ1v) is 5.26. The summed E-state index contributed by atoms with van der Waals surface area (Å²) in [6, 6.07) is 6.20. The summed E-state index contributed by atoms with van der Waals surface area (Å²) in [5.41, 5.74) is 0.710. The number of nitrogens with zero attached hydrogens (tertiary/aromatic N) is 1. The molecule has 0 atom stereocenters. The Morgan fingerprint density at radius 2 is 1.94 bits per heavy atom. The van der Waals surface area contributed by atoms with Crippen LogP contribution in [-0.4, -0.2) is 22.8 Å². The number of amides is 2. The number of hydrogen-bond donors (Lipinski definition) is 0. The van der Waals surface area contributed by atoms with Crippen LogP contribution in [0.15, 0.2) is 24.3 Å². The molecule has 1 saturated heterocycles. The summed E-state index contributed by atoms with van der Waals surface area (Å²) in [5, 5.41) is 0.505. The lowest BCUT2D eigenvalue weighted by Crippen LogP contribution is -2.32. The van der Waals surface area contributed by atoms with Gasteiger partial charge in [-0.3, -0.25) is 9.59 Å². The number of hydrogen-bond acceptors (Lipinski definition) is 4. The van der Waals surface area contributed by atoms with E-state index in [4.69, 9.17) is 11.3 Å². The van der Waals surface area contributed by atoms with Gasteiger partial charge in [0, 0.05) is 18.4 Å². The Labute approximate surface area is 103 Å². The predicted octanol–water partition coefficient (Wildman–Crippen LogP) is 0.889. The highest BCUT2D eigenvalue weighted by molar-refractivity contribution is 6.02. The zero-order valence-corrected chi connectivity index (χ0v) is 9.38. The molecule has 0 aliphatic carbocycles. The van der Waals surface area contributed by atoms with E-state index in [1.165, 1.54) is 12.1 Å². The second-order valence-electron chi connectivity index (χ2n) is 3.69. The highest BCUT2D eigenvalue weighted by Crippen LogP contribution is 2.14. The first-order chi connectivity index (χ1) is 8.61. The molecule has 0 spiro atoms. The second kappa shape index (κ2) is 4.72. The van der Waals surface area contributed by atoms with Gasteiger partial charge in [0.05, 0.1) is 5.56 Å². The fourth-order valence-electron chi connectivity index (χ4n) is 1.53. The van der Waals surface area contributed by atoms with Crippen LogP contribution < -0.4 is 0 Å². The molecule has 5 nitrogen and oxygen atoms in total. The van der Waals surface area contributed by atoms with Crippen molar-refractivity contribution in [3.63, 3.8) is 0 Å². The number of imide groups is 1. The predicted molar refractivity (Wildman–Crippen MR) is 60.9 cm³/mol. The molecule has 0 aromatic heterocycles. The molecule has 0 N–H and O–H groups in total. The van der Waals surface area contributed by atoms with Crippen molar-refractivity contribution in [1.29, 1.82) is 0 Å². The maximum absolute atomic E-state index is 11.7. The van der Waals surface area contributed by atoms with Crippen LogP contribution in [0.25, 0.3) is 0 Å². The molecule has 1 aliphatic heterocycles. The summed E-state index contributed by atoms with van der Waals surface area (Å²) in [6.45, 7) is 0. The summed E-state index contributed by atoms with van der Waals surface area (Å²) < 4.78 is 0. The molecule has 2 amide bonds. The normalized spacial score (nSPS) is 14.5. The van der Waals surface area contributed by atoms with Crippen molar-refractivity contribution in [2.45, 2.75) is 12.8 Å². The standard InChI is InChI=1S/C13H9NO4/c1-2-9-4-3-5-10(8-9)13(17)18-14-11(15)6-7-12(14)16/h1,3-5,8H,6-7H2. The number of terminal acetylenes is 1. The summed E-state index contributed by atoms with van der Waals surface area (Å²) in [5.74, 6) is 0.571. The van der Waals surface area contributed by atoms with Crippen LogP contribution in [-0.2, 0) is 14.4 Å². The van der Waals surface area contributed by atoms with E-state index in [-0.39, 0.29) is 18.4 Å². The van der Waals surface area contributed by atoms with Gasteiger partial charge in [0.1, 0.15) is 0 Å². The molecule has 1 aromatic rings. The molecule has 0 unspecified atom stereocenters. The quantitative estimate of drug-likeness (QED) is 0.571. The van der Waals surface area contributed by atoms with Crippen molar-refractivity contribution >= 4 is 17.8 Å². The minimum absolute atomic E-state index is 0.0660. The van der Waals surface area contributed by atoms with Crippen molar-refractivity contribution in [3.05, 3.63) is 35.4 Å². The largest absolute Gasteiger partial charge is 0.363 e. The Balaban J connectivity index is 2.15. The number of hydroxylamine groups is 2. The molecule has 0 saturated carbocycles. The molecule has 1 aromatic carbocycles. The van der Waals surface area contributed by atoms with Crippen LogP contribution >= 0.6 is 0 Å². The van der Waals surface area contributed by atoms with Gasteiger partial charge < -0.3 is 4.84 Å². The summed E-state index contributed by atoms with van der Waals surface area (Å²) >= 11 is 0. The number of benzene rings is 1. The number of carbonyl (C=O) groups excluding carboxylic acids is 3. The smallest absolute Gasteiger partial charge is 0.325 e. The fraction of sp³-hybridized carbons (Fsp3) is 0.154. The lowest BCUT2D eigenvalue weighted by Gasteiger charge is -2.12. The lowest BCUT2D eigenvalue weighted by molar-refractivity contribution is -0.172. The fourth-order valence-corrected chi connectivity index (χ4v) is 1.53. The highest BCUT2D eigenvalue weighted by Gasteiger charge is 2.33. The summed E-state index contributed by atoms with van der Waals surface area (Å²) in [6.07, 6.45) is 5.34. The van der Waals surface area contributed by atoms with E-state index < -0.39 is 17.8 Å². The van der Waals surface area contributed by atoms with Gasteiger partial charge >= 0.3 is 5.97 Å². The van der Waals surface area contributed by atoms with E-state index in [1.807, 2.05) is 0 Å². The van der Waals surface area contributed by atoms with Gasteiger partial charge in [-0.2, -0.15) is 0 Å². The minimum Gasteiger partial charge on any atom is -0.325 e. The average molecular weight is 243 g/mol. The molecule has 1 aliphatic rings. The zero-order chi connectivity index (χ0) is 13.1. The first kappa shape index (κ1) is 11.9. The van der Waals surface area contributed by atoms with E-state index in [0.717, 1.165) is 0 Å². The van der Waals surface area contributed by atoms with Crippen LogP contribution in [0.2, 0.25) is 0 Å². The van der Waals surface area contributed by atoms with Gasteiger partial charge in [0.2, 0.25) is 0 Å². The summed E-state index contributed by atoms with van der Waals surface area (Å²) in [4.78, 5) is 39.0. The summed E-state index contributed by atoms with van der Waals surface area (Å²) in [7, 11) is 0. The molecule has 1 fully saturated rings. The SMILES string of the molecule is C#Cc1cccc(C(=O)ON2C(=O)CCC2=O)c1. The van der Waals surface area contributed by atoms with Gasteiger partial charge in [-0.15, -0.1) is 11.5 Å². The van der Waals surface area contributed by atoms with Gasteiger partial charge in [-0.05, 0) is 18.2 Å². The maximum atomic E-state index is 11.7. The number of rotatable bonds is 2. The minimum atomic E-state index is -0.782. The monoisotopic (exact) mass is 243 g/mol. The van der Waals surface area contributed by atoms with E-state index in [2.05, 4.69) is 5.92 Å². The van der Waals surface area contributed by atoms with E-state index in [0.29, 0.717) is 10.6 Å². The molecular weight excluding hydrogens is 234 g/mol. The van der Waals surface area contributed by atoms with Crippen LogP contribution in [0.5, 0.6) is 0 Å². The van der Waals surface area contributed by atoms with Crippen LogP contribution in [0.4, 0.5) is 0 Å². The van der Waals surface area contributed by atoms with Gasteiger partial charge in [0.25, 0.3) is 11.8 Å².